The van der Waals surface area contributed by atoms with Crippen molar-refractivity contribution in [2.45, 2.75) is 33.0 Å². The summed E-state index contributed by atoms with van der Waals surface area (Å²) < 4.78 is 7.19. The molecule has 0 saturated carbocycles. The van der Waals surface area contributed by atoms with Gasteiger partial charge in [-0.1, -0.05) is 24.3 Å². The molecule has 2 aromatic carbocycles. The summed E-state index contributed by atoms with van der Waals surface area (Å²) in [6, 6.07) is 13.9. The predicted octanol–water partition coefficient (Wildman–Crippen LogP) is 2.12. The summed E-state index contributed by atoms with van der Waals surface area (Å²) in [6.07, 6.45) is 1.81. The maximum Gasteiger partial charge on any atom is 0.251 e. The number of aromatic nitrogens is 4. The first kappa shape index (κ1) is 20.2. The van der Waals surface area contributed by atoms with E-state index in [1.54, 1.807) is 10.7 Å². The van der Waals surface area contributed by atoms with Gasteiger partial charge in [-0.3, -0.25) is 9.69 Å². The average Bonchev–Trinajstić information content (AvgIpc) is 3.27. The van der Waals surface area contributed by atoms with Crippen LogP contribution in [-0.4, -0.2) is 56.8 Å². The topological polar surface area (TPSA) is 85.2 Å². The number of aryl methyl sites for hydroxylation is 1. The maximum absolute atomic E-state index is 12.6. The fraction of sp³-hybridized carbons (Fsp3) is 0.364. The molecule has 1 atom stereocenters. The summed E-state index contributed by atoms with van der Waals surface area (Å²) in [4.78, 5) is 15.0. The van der Waals surface area contributed by atoms with Gasteiger partial charge in [-0.05, 0) is 59.2 Å². The van der Waals surface area contributed by atoms with E-state index < -0.39 is 0 Å². The van der Waals surface area contributed by atoms with E-state index in [9.17, 15) is 4.79 Å². The van der Waals surface area contributed by atoms with Crippen molar-refractivity contribution in [3.8, 4) is 5.69 Å². The van der Waals surface area contributed by atoms with Crippen molar-refractivity contribution in [3.63, 3.8) is 0 Å². The Morgan fingerprint density at radius 1 is 1.23 bits per heavy atom. The fourth-order valence-corrected chi connectivity index (χ4v) is 3.74. The highest BCUT2D eigenvalue weighted by Gasteiger charge is 2.16. The zero-order valence-corrected chi connectivity index (χ0v) is 17.3. The molecule has 1 aliphatic rings. The second-order valence-electron chi connectivity index (χ2n) is 7.67. The largest absolute Gasteiger partial charge is 0.376 e. The van der Waals surface area contributed by atoms with Crippen molar-refractivity contribution < 1.29 is 9.53 Å². The van der Waals surface area contributed by atoms with E-state index in [0.717, 1.165) is 43.1 Å². The van der Waals surface area contributed by atoms with Gasteiger partial charge < -0.3 is 10.1 Å². The van der Waals surface area contributed by atoms with Crippen LogP contribution in [0.1, 0.15) is 34.0 Å². The minimum Gasteiger partial charge on any atom is -0.376 e. The molecule has 1 aromatic heterocycles. The number of rotatable bonds is 6. The number of amides is 1. The van der Waals surface area contributed by atoms with E-state index in [1.165, 1.54) is 11.9 Å². The van der Waals surface area contributed by atoms with Gasteiger partial charge in [0.05, 0.1) is 18.4 Å². The van der Waals surface area contributed by atoms with Crippen LogP contribution in [0.5, 0.6) is 0 Å². The van der Waals surface area contributed by atoms with Crippen LogP contribution in [0.4, 0.5) is 0 Å². The van der Waals surface area contributed by atoms with Gasteiger partial charge in [0, 0.05) is 31.7 Å². The lowest BCUT2D eigenvalue weighted by atomic mass is 10.1. The SMILES string of the molecule is Cc1cc(C(=O)NCc2cccc(CN3CCOC(C)C3)c2)ccc1-n1cnnn1. The first-order valence-electron chi connectivity index (χ1n) is 10.1. The van der Waals surface area contributed by atoms with Crippen LogP contribution >= 0.6 is 0 Å². The Kier molecular flexibility index (Phi) is 6.15. The Bertz CT molecular complexity index is 1000. The molecule has 0 radical (unpaired) electrons. The minimum absolute atomic E-state index is 0.103. The summed E-state index contributed by atoms with van der Waals surface area (Å²) >= 11 is 0. The molecular weight excluding hydrogens is 380 g/mol. The van der Waals surface area contributed by atoms with Crippen LogP contribution in [0.25, 0.3) is 5.69 Å². The first-order valence-corrected chi connectivity index (χ1v) is 10.1. The minimum atomic E-state index is -0.103. The van der Waals surface area contributed by atoms with Crippen molar-refractivity contribution in [2.24, 2.45) is 0 Å². The van der Waals surface area contributed by atoms with Crippen LogP contribution in [0, 0.1) is 6.92 Å². The van der Waals surface area contributed by atoms with Crippen molar-refractivity contribution in [2.75, 3.05) is 19.7 Å². The van der Waals surface area contributed by atoms with Gasteiger partial charge in [-0.15, -0.1) is 5.10 Å². The summed E-state index contributed by atoms with van der Waals surface area (Å²) in [6.45, 7) is 8.10. The molecule has 1 fully saturated rings. The van der Waals surface area contributed by atoms with Crippen LogP contribution in [0.2, 0.25) is 0 Å². The summed E-state index contributed by atoms with van der Waals surface area (Å²) in [5, 5.41) is 14.2. The molecule has 1 aliphatic heterocycles. The van der Waals surface area contributed by atoms with Crippen molar-refractivity contribution in [1.29, 1.82) is 0 Å². The molecule has 1 saturated heterocycles. The van der Waals surface area contributed by atoms with E-state index in [-0.39, 0.29) is 12.0 Å². The lowest BCUT2D eigenvalue weighted by molar-refractivity contribution is -0.0212. The highest BCUT2D eigenvalue weighted by atomic mass is 16.5. The maximum atomic E-state index is 12.6. The number of benzene rings is 2. The van der Waals surface area contributed by atoms with Gasteiger partial charge in [-0.25, -0.2) is 4.68 Å². The molecule has 0 bridgehead atoms. The number of hydrogen-bond acceptors (Lipinski definition) is 6. The number of ether oxygens (including phenoxy) is 1. The van der Waals surface area contributed by atoms with Crippen LogP contribution in [-0.2, 0) is 17.8 Å². The molecule has 8 nitrogen and oxygen atoms in total. The molecule has 0 spiro atoms. The third kappa shape index (κ3) is 4.90. The highest BCUT2D eigenvalue weighted by molar-refractivity contribution is 5.94. The van der Waals surface area contributed by atoms with E-state index >= 15 is 0 Å². The Hall–Kier alpha value is -3.10. The number of nitrogens with one attached hydrogen (secondary N) is 1. The van der Waals surface area contributed by atoms with E-state index in [1.807, 2.05) is 31.2 Å². The number of hydrogen-bond donors (Lipinski definition) is 1. The summed E-state index contributed by atoms with van der Waals surface area (Å²) in [7, 11) is 0. The monoisotopic (exact) mass is 406 g/mol. The summed E-state index contributed by atoms with van der Waals surface area (Å²) in [5.41, 5.74) is 4.72. The second-order valence-corrected chi connectivity index (χ2v) is 7.67. The first-order chi connectivity index (χ1) is 14.6. The lowest BCUT2D eigenvalue weighted by Gasteiger charge is -2.31. The van der Waals surface area contributed by atoms with Gasteiger partial charge in [0.2, 0.25) is 0 Å². The third-order valence-electron chi connectivity index (χ3n) is 5.23. The van der Waals surface area contributed by atoms with Crippen molar-refractivity contribution >= 4 is 5.91 Å². The zero-order chi connectivity index (χ0) is 20.9. The van der Waals surface area contributed by atoms with Gasteiger partial charge in [0.25, 0.3) is 5.91 Å². The Labute approximate surface area is 175 Å². The smallest absolute Gasteiger partial charge is 0.251 e. The quantitative estimate of drug-likeness (QED) is 0.675. The predicted molar refractivity (Wildman–Crippen MR) is 112 cm³/mol. The molecule has 30 heavy (non-hydrogen) atoms. The molecule has 1 unspecified atom stereocenters. The Balaban J connectivity index is 1.36. The number of tetrazole rings is 1. The Morgan fingerprint density at radius 2 is 2.10 bits per heavy atom. The normalized spacial score (nSPS) is 17.1. The number of morpholine rings is 1. The molecule has 4 rings (SSSR count). The lowest BCUT2D eigenvalue weighted by Crippen LogP contribution is -2.40. The molecule has 3 aromatic rings. The molecule has 0 aliphatic carbocycles. The molecule has 1 amide bonds. The standard InChI is InChI=1S/C22H26N6O2/c1-16-10-20(6-7-21(16)28-15-24-25-26-28)22(29)23-12-18-4-3-5-19(11-18)14-27-8-9-30-17(2)13-27/h3-7,10-11,15,17H,8-9,12-14H2,1-2H3,(H,23,29). The number of carbonyl (C=O) groups is 1. The Morgan fingerprint density at radius 3 is 2.87 bits per heavy atom. The van der Waals surface area contributed by atoms with Crippen LogP contribution < -0.4 is 5.32 Å². The second kappa shape index (κ2) is 9.15. The van der Waals surface area contributed by atoms with Crippen LogP contribution in [0.3, 0.4) is 0 Å². The van der Waals surface area contributed by atoms with E-state index in [0.29, 0.717) is 12.1 Å². The van der Waals surface area contributed by atoms with Crippen molar-refractivity contribution in [1.82, 2.24) is 30.4 Å². The van der Waals surface area contributed by atoms with E-state index in [2.05, 4.69) is 44.8 Å². The summed E-state index contributed by atoms with van der Waals surface area (Å²) in [5.74, 6) is -0.103. The van der Waals surface area contributed by atoms with E-state index in [4.69, 9.17) is 4.74 Å². The fourth-order valence-electron chi connectivity index (χ4n) is 3.74. The molecular formula is C22H26N6O2. The molecule has 2 heterocycles. The molecule has 8 heteroatoms. The van der Waals surface area contributed by atoms with Crippen LogP contribution in [0.15, 0.2) is 48.8 Å². The van der Waals surface area contributed by atoms with Gasteiger partial charge in [0.1, 0.15) is 6.33 Å². The average molecular weight is 406 g/mol. The highest BCUT2D eigenvalue weighted by Crippen LogP contribution is 2.15. The van der Waals surface area contributed by atoms with Crippen molar-refractivity contribution in [3.05, 3.63) is 71.0 Å². The van der Waals surface area contributed by atoms with Gasteiger partial charge >= 0.3 is 0 Å². The molecule has 156 valence electrons. The number of nitrogens with zero attached hydrogens (tertiary/aromatic N) is 5. The zero-order valence-electron chi connectivity index (χ0n) is 17.3. The number of carbonyl (C=O) groups excluding carboxylic acids is 1. The van der Waals surface area contributed by atoms with Gasteiger partial charge in [0.15, 0.2) is 0 Å². The third-order valence-corrected chi connectivity index (χ3v) is 5.23. The molecule has 1 N–H and O–H groups in total. The van der Waals surface area contributed by atoms with Gasteiger partial charge in [-0.2, -0.15) is 0 Å².